The molecule has 5 rings (SSSR count). The third kappa shape index (κ3) is 5.18. The zero-order chi connectivity index (χ0) is 25.8. The number of H-pyrrole nitrogens is 1. The average molecular weight is 487 g/mol. The Morgan fingerprint density at radius 1 is 0.919 bits per heavy atom. The largest absolute Gasteiger partial charge is 0.366 e. The van der Waals surface area contributed by atoms with E-state index in [2.05, 4.69) is 27.4 Å². The van der Waals surface area contributed by atoms with Crippen LogP contribution in [0.3, 0.4) is 0 Å². The Hall–Kier alpha value is -4.97. The number of carbonyl (C=O) groups excluding carboxylic acids is 2. The van der Waals surface area contributed by atoms with Crippen molar-refractivity contribution < 1.29 is 9.59 Å². The normalized spacial score (nSPS) is 12.3. The molecule has 0 spiro atoms. The number of carbonyl (C=O) groups is 2. The molecule has 0 radical (unpaired) electrons. The lowest BCUT2D eigenvalue weighted by molar-refractivity contribution is -0.117. The monoisotopic (exact) mass is 486 g/mol. The summed E-state index contributed by atoms with van der Waals surface area (Å²) in [6.07, 6.45) is 5.12. The SMILES string of the molecule is CC(C(=O)Nc1cnc2[nH]cc(/C=C(/C(N)=O)c3ccccc3)c2c1)c1ccc(-c2ccccc2)cc1. The van der Waals surface area contributed by atoms with E-state index >= 15 is 0 Å². The van der Waals surface area contributed by atoms with Gasteiger partial charge in [0.15, 0.2) is 0 Å². The van der Waals surface area contributed by atoms with Gasteiger partial charge in [0.25, 0.3) is 0 Å². The predicted octanol–water partition coefficient (Wildman–Crippen LogP) is 6.00. The Bertz CT molecular complexity index is 1590. The van der Waals surface area contributed by atoms with Crippen LogP contribution in [0.4, 0.5) is 5.69 Å². The number of aromatic nitrogens is 2. The molecule has 2 aromatic heterocycles. The van der Waals surface area contributed by atoms with E-state index in [0.717, 1.165) is 33.2 Å². The van der Waals surface area contributed by atoms with Gasteiger partial charge in [0, 0.05) is 22.7 Å². The summed E-state index contributed by atoms with van der Waals surface area (Å²) >= 11 is 0. The summed E-state index contributed by atoms with van der Waals surface area (Å²) in [4.78, 5) is 32.8. The lowest BCUT2D eigenvalue weighted by Crippen LogP contribution is -2.18. The number of primary amides is 1. The molecule has 6 nitrogen and oxygen atoms in total. The van der Waals surface area contributed by atoms with E-state index in [1.54, 1.807) is 18.5 Å². The summed E-state index contributed by atoms with van der Waals surface area (Å²) in [5.41, 5.74) is 11.9. The van der Waals surface area contributed by atoms with Gasteiger partial charge in [-0.05, 0) is 41.3 Å². The number of aromatic amines is 1. The van der Waals surface area contributed by atoms with Gasteiger partial charge in [-0.3, -0.25) is 9.59 Å². The molecule has 0 bridgehead atoms. The van der Waals surface area contributed by atoms with E-state index < -0.39 is 5.91 Å². The zero-order valence-electron chi connectivity index (χ0n) is 20.3. The topological polar surface area (TPSA) is 101 Å². The summed E-state index contributed by atoms with van der Waals surface area (Å²) in [5, 5.41) is 3.75. The number of pyridine rings is 1. The Labute approximate surface area is 214 Å². The quantitative estimate of drug-likeness (QED) is 0.246. The number of anilines is 1. The molecule has 6 heteroatoms. The van der Waals surface area contributed by atoms with Crippen LogP contribution in [0, 0.1) is 0 Å². The van der Waals surface area contributed by atoms with E-state index in [0.29, 0.717) is 16.9 Å². The maximum atomic E-state index is 13.1. The van der Waals surface area contributed by atoms with Crippen LogP contribution in [0.1, 0.15) is 29.5 Å². The van der Waals surface area contributed by atoms with Gasteiger partial charge in [0.05, 0.1) is 17.8 Å². The lowest BCUT2D eigenvalue weighted by Gasteiger charge is -2.13. The van der Waals surface area contributed by atoms with Gasteiger partial charge in [-0.25, -0.2) is 4.98 Å². The molecule has 3 aromatic carbocycles. The van der Waals surface area contributed by atoms with Crippen molar-refractivity contribution in [3.8, 4) is 11.1 Å². The predicted molar refractivity (Wildman–Crippen MR) is 149 cm³/mol. The first-order valence-electron chi connectivity index (χ1n) is 12.0. The zero-order valence-corrected chi connectivity index (χ0v) is 20.3. The van der Waals surface area contributed by atoms with Crippen LogP contribution in [0.5, 0.6) is 0 Å². The van der Waals surface area contributed by atoms with Crippen molar-refractivity contribution in [2.45, 2.75) is 12.8 Å². The highest BCUT2D eigenvalue weighted by Gasteiger charge is 2.17. The molecule has 0 aliphatic heterocycles. The second kappa shape index (κ2) is 10.3. The molecular weight excluding hydrogens is 460 g/mol. The van der Waals surface area contributed by atoms with Crippen LogP contribution in [-0.4, -0.2) is 21.8 Å². The maximum Gasteiger partial charge on any atom is 0.249 e. The number of benzene rings is 3. The lowest BCUT2D eigenvalue weighted by atomic mass is 9.97. The van der Waals surface area contributed by atoms with Crippen molar-refractivity contribution in [3.05, 3.63) is 120 Å². The van der Waals surface area contributed by atoms with E-state index in [1.807, 2.05) is 85.8 Å². The number of nitrogens with zero attached hydrogens (tertiary/aromatic N) is 1. The number of amides is 2. The van der Waals surface area contributed by atoms with E-state index in [9.17, 15) is 9.59 Å². The van der Waals surface area contributed by atoms with Crippen LogP contribution in [0.25, 0.3) is 33.8 Å². The number of nitrogens with two attached hydrogens (primary N) is 1. The van der Waals surface area contributed by atoms with Crippen LogP contribution < -0.4 is 11.1 Å². The number of nitrogens with one attached hydrogen (secondary N) is 2. The van der Waals surface area contributed by atoms with Gasteiger partial charge in [-0.15, -0.1) is 0 Å². The second-order valence-electron chi connectivity index (χ2n) is 8.85. The minimum Gasteiger partial charge on any atom is -0.366 e. The minimum absolute atomic E-state index is 0.136. The highest BCUT2D eigenvalue weighted by Crippen LogP contribution is 2.27. The van der Waals surface area contributed by atoms with E-state index in [4.69, 9.17) is 5.73 Å². The third-order valence-electron chi connectivity index (χ3n) is 6.39. The summed E-state index contributed by atoms with van der Waals surface area (Å²) in [6.45, 7) is 1.88. The average Bonchev–Trinajstić information content (AvgIpc) is 3.34. The molecule has 5 aromatic rings. The number of hydrogen-bond donors (Lipinski definition) is 3. The Balaban J connectivity index is 1.37. The van der Waals surface area contributed by atoms with Crippen molar-refractivity contribution in [2.24, 2.45) is 5.73 Å². The van der Waals surface area contributed by atoms with E-state index in [-0.39, 0.29) is 11.8 Å². The van der Waals surface area contributed by atoms with Gasteiger partial charge in [-0.1, -0.05) is 84.9 Å². The van der Waals surface area contributed by atoms with Crippen molar-refractivity contribution in [3.63, 3.8) is 0 Å². The van der Waals surface area contributed by atoms with Crippen LogP contribution >= 0.6 is 0 Å². The molecule has 0 fully saturated rings. The Kier molecular flexibility index (Phi) is 6.64. The maximum absolute atomic E-state index is 13.1. The van der Waals surface area contributed by atoms with Crippen molar-refractivity contribution in [1.82, 2.24) is 9.97 Å². The molecular formula is C31H26N4O2. The van der Waals surface area contributed by atoms with E-state index in [1.165, 1.54) is 0 Å². The Morgan fingerprint density at radius 2 is 1.57 bits per heavy atom. The van der Waals surface area contributed by atoms with Crippen LogP contribution in [0.15, 0.2) is 103 Å². The van der Waals surface area contributed by atoms with Gasteiger partial charge in [0.1, 0.15) is 5.65 Å². The highest BCUT2D eigenvalue weighted by molar-refractivity contribution is 6.24. The Morgan fingerprint density at radius 3 is 2.24 bits per heavy atom. The molecule has 182 valence electrons. The third-order valence-corrected chi connectivity index (χ3v) is 6.39. The molecule has 4 N–H and O–H groups in total. The molecule has 0 saturated heterocycles. The van der Waals surface area contributed by atoms with Crippen LogP contribution in [-0.2, 0) is 9.59 Å². The minimum atomic E-state index is -0.523. The van der Waals surface area contributed by atoms with Gasteiger partial charge < -0.3 is 16.0 Å². The number of hydrogen-bond acceptors (Lipinski definition) is 3. The van der Waals surface area contributed by atoms with Crippen molar-refractivity contribution >= 4 is 40.2 Å². The number of rotatable bonds is 7. The first-order valence-corrected chi connectivity index (χ1v) is 12.0. The first-order chi connectivity index (χ1) is 18.0. The summed E-state index contributed by atoms with van der Waals surface area (Å²) in [6, 6.07) is 29.3. The van der Waals surface area contributed by atoms with Crippen LogP contribution in [0.2, 0.25) is 0 Å². The molecule has 37 heavy (non-hydrogen) atoms. The summed E-state index contributed by atoms with van der Waals surface area (Å²) in [5.74, 6) is -1.01. The fourth-order valence-corrected chi connectivity index (χ4v) is 4.28. The summed E-state index contributed by atoms with van der Waals surface area (Å²) < 4.78 is 0. The standard InChI is InChI=1S/C31H26N4O2/c1-20(21-12-14-23(15-13-21)22-8-4-2-5-9-22)31(37)35-26-17-28-25(18-33-30(28)34-19-26)16-27(29(32)36)24-10-6-3-7-11-24/h2-20H,1H3,(H2,32,36)(H,33,34)(H,35,37)/b27-16+. The molecule has 2 heterocycles. The van der Waals surface area contributed by atoms with Gasteiger partial charge >= 0.3 is 0 Å². The fraction of sp³-hybridized carbons (Fsp3) is 0.0645. The molecule has 1 unspecified atom stereocenters. The molecule has 1 atom stereocenters. The second-order valence-corrected chi connectivity index (χ2v) is 8.85. The molecule has 2 amide bonds. The van der Waals surface area contributed by atoms with Crippen molar-refractivity contribution in [1.29, 1.82) is 0 Å². The van der Waals surface area contributed by atoms with Gasteiger partial charge in [0.2, 0.25) is 11.8 Å². The molecule has 0 aliphatic rings. The summed E-state index contributed by atoms with van der Waals surface area (Å²) in [7, 11) is 0. The highest BCUT2D eigenvalue weighted by atomic mass is 16.2. The smallest absolute Gasteiger partial charge is 0.249 e. The number of fused-ring (bicyclic) bond motifs is 1. The molecule has 0 saturated carbocycles. The molecule has 0 aliphatic carbocycles. The first kappa shape index (κ1) is 23.8. The fourth-order valence-electron chi connectivity index (χ4n) is 4.28. The van der Waals surface area contributed by atoms with Crippen molar-refractivity contribution in [2.75, 3.05) is 5.32 Å². The van der Waals surface area contributed by atoms with Gasteiger partial charge in [-0.2, -0.15) is 0 Å².